The second-order valence-corrected chi connectivity index (χ2v) is 13.8. The highest BCUT2D eigenvalue weighted by molar-refractivity contribution is 6.03. The molecule has 322 valence electrons. The number of amides is 2. The van der Waals surface area contributed by atoms with Crippen molar-refractivity contribution in [1.82, 2.24) is 9.80 Å². The molecule has 0 aromatic heterocycles. The molecule has 0 spiro atoms. The molecule has 0 unspecified atom stereocenters. The number of esters is 1. The maximum Gasteiger partial charge on any atom is 0.373 e. The van der Waals surface area contributed by atoms with Gasteiger partial charge in [-0.1, -0.05) is 24.3 Å². The Bertz CT molecular complexity index is 2480. The van der Waals surface area contributed by atoms with Crippen LogP contribution in [0.15, 0.2) is 85.2 Å². The third kappa shape index (κ3) is 10.1. The predicted octanol–water partition coefficient (Wildman–Crippen LogP) is 7.07. The van der Waals surface area contributed by atoms with Gasteiger partial charge in [-0.25, -0.2) is 13.6 Å². The zero-order valence-electron chi connectivity index (χ0n) is 33.6. The Morgan fingerprint density at radius 1 is 0.726 bits per heavy atom. The van der Waals surface area contributed by atoms with E-state index in [9.17, 15) is 43.4 Å². The van der Waals surface area contributed by atoms with Crippen molar-refractivity contribution in [1.29, 1.82) is 0 Å². The van der Waals surface area contributed by atoms with Gasteiger partial charge in [0, 0.05) is 37.3 Å². The van der Waals surface area contributed by atoms with E-state index in [1.165, 1.54) is 66.7 Å². The molecule has 0 radical (unpaired) electrons. The topological polar surface area (TPSA) is 215 Å². The molecule has 4 aromatic rings. The molecule has 0 saturated heterocycles. The first kappa shape index (κ1) is 45.3. The van der Waals surface area contributed by atoms with Gasteiger partial charge in [0.05, 0.1) is 49.4 Å². The molecular formula is C43H38F2N4O13. The number of nitrogens with zero attached hydrogens (tertiary/aromatic N) is 4. The van der Waals surface area contributed by atoms with E-state index in [0.29, 0.717) is 23.1 Å². The van der Waals surface area contributed by atoms with Crippen molar-refractivity contribution in [2.24, 2.45) is 0 Å². The van der Waals surface area contributed by atoms with Crippen LogP contribution in [0.2, 0.25) is 0 Å². The van der Waals surface area contributed by atoms with Gasteiger partial charge in [-0.2, -0.15) is 9.59 Å². The number of halogens is 2. The van der Waals surface area contributed by atoms with Gasteiger partial charge in [-0.05, 0) is 78.4 Å². The van der Waals surface area contributed by atoms with E-state index in [2.05, 4.69) is 0 Å². The molecule has 62 heavy (non-hydrogen) atoms. The van der Waals surface area contributed by atoms with Crippen LogP contribution in [0.25, 0.3) is 11.1 Å². The summed E-state index contributed by atoms with van der Waals surface area (Å²) in [6, 6.07) is 14.6. The number of nitro benzene ring substituents is 2. The van der Waals surface area contributed by atoms with Gasteiger partial charge in [0.15, 0.2) is 11.5 Å². The predicted molar refractivity (Wildman–Crippen MR) is 214 cm³/mol. The minimum absolute atomic E-state index is 0.00810. The number of ether oxygens (including phenoxy) is 4. The van der Waals surface area contributed by atoms with Crippen molar-refractivity contribution in [3.63, 3.8) is 0 Å². The van der Waals surface area contributed by atoms with Crippen molar-refractivity contribution in [2.75, 3.05) is 27.4 Å². The molecule has 0 N–H and O–H groups in total. The van der Waals surface area contributed by atoms with Crippen LogP contribution in [0.1, 0.15) is 63.6 Å². The van der Waals surface area contributed by atoms with E-state index in [1.54, 1.807) is 32.2 Å². The first-order chi connectivity index (χ1) is 29.6. The molecule has 4 aromatic carbocycles. The lowest BCUT2D eigenvalue weighted by molar-refractivity contribution is -0.385. The number of hydrogen-bond acceptors (Lipinski definition) is 13. The molecule has 19 heteroatoms. The van der Waals surface area contributed by atoms with E-state index in [0.717, 1.165) is 35.3 Å². The van der Waals surface area contributed by atoms with Crippen LogP contribution < -0.4 is 14.2 Å². The van der Waals surface area contributed by atoms with Gasteiger partial charge in [0.1, 0.15) is 34.6 Å². The summed E-state index contributed by atoms with van der Waals surface area (Å²) >= 11 is 0. The quantitative estimate of drug-likeness (QED) is 0.0538. The summed E-state index contributed by atoms with van der Waals surface area (Å²) in [6.07, 6.45) is 3.93. The maximum absolute atomic E-state index is 13.8. The lowest BCUT2D eigenvalue weighted by Crippen LogP contribution is -2.39. The molecule has 0 aliphatic carbocycles. The van der Waals surface area contributed by atoms with Gasteiger partial charge < -0.3 is 23.8 Å². The first-order valence-electron chi connectivity index (χ1n) is 18.7. The lowest BCUT2D eigenvalue weighted by atomic mass is 10.0. The summed E-state index contributed by atoms with van der Waals surface area (Å²) in [5, 5.41) is 24.4. The SMILES string of the molecule is COC(=O)[C@@H]1CC(c2ccc(F)cc2)=CN1C(=O)c1cc(C)c(OCCCOc2cc([N+](=O)[O-])c(C(=O)N3C=C(c4ccc(F)cc4)C[C@H]3C)cc2OC)cc1[N+](=O)[O-].O=C=O. The minimum Gasteiger partial charge on any atom is -0.493 e. The summed E-state index contributed by atoms with van der Waals surface area (Å²) < 4.78 is 49.0. The van der Waals surface area contributed by atoms with Gasteiger partial charge in [0.25, 0.3) is 23.2 Å². The highest BCUT2D eigenvalue weighted by atomic mass is 19.1. The summed E-state index contributed by atoms with van der Waals surface area (Å²) in [5.74, 6) is -2.91. The molecule has 2 heterocycles. The van der Waals surface area contributed by atoms with Crippen LogP contribution in [0.4, 0.5) is 20.2 Å². The zero-order chi connectivity index (χ0) is 45.2. The fourth-order valence-electron chi connectivity index (χ4n) is 6.89. The van der Waals surface area contributed by atoms with Crippen LogP contribution in [0, 0.1) is 38.8 Å². The lowest BCUT2D eigenvalue weighted by Gasteiger charge is -2.22. The summed E-state index contributed by atoms with van der Waals surface area (Å²) in [4.78, 5) is 81.9. The first-order valence-corrected chi connectivity index (χ1v) is 18.7. The number of rotatable bonds is 14. The van der Waals surface area contributed by atoms with Crippen LogP contribution in [0.5, 0.6) is 17.2 Å². The van der Waals surface area contributed by atoms with Crippen LogP contribution in [0.3, 0.4) is 0 Å². The molecule has 0 fully saturated rings. The number of nitro groups is 2. The van der Waals surface area contributed by atoms with Crippen molar-refractivity contribution >= 4 is 46.5 Å². The molecule has 2 amide bonds. The third-order valence-corrected chi connectivity index (χ3v) is 9.93. The molecular weight excluding hydrogens is 818 g/mol. The van der Waals surface area contributed by atoms with Gasteiger partial charge in [-0.15, -0.1) is 0 Å². The molecule has 6 rings (SSSR count). The number of carbonyl (C=O) groups excluding carboxylic acids is 5. The summed E-state index contributed by atoms with van der Waals surface area (Å²) in [6.45, 7) is 3.31. The fraction of sp³-hybridized carbons (Fsp3) is 0.256. The number of hydrogen-bond donors (Lipinski definition) is 0. The molecule has 0 bridgehead atoms. The van der Waals surface area contributed by atoms with E-state index in [-0.39, 0.29) is 66.6 Å². The molecule has 0 saturated carbocycles. The van der Waals surface area contributed by atoms with Gasteiger partial charge in [0.2, 0.25) is 0 Å². The monoisotopic (exact) mass is 856 g/mol. The Morgan fingerprint density at radius 3 is 1.71 bits per heavy atom. The molecule has 2 atom stereocenters. The Kier molecular flexibility index (Phi) is 14.6. The Morgan fingerprint density at radius 2 is 1.19 bits per heavy atom. The van der Waals surface area contributed by atoms with Gasteiger partial charge in [-0.3, -0.25) is 34.7 Å². The number of carbonyl (C=O) groups is 3. The van der Waals surface area contributed by atoms with Crippen molar-refractivity contribution in [2.45, 2.75) is 45.2 Å². The van der Waals surface area contributed by atoms with Crippen molar-refractivity contribution in [3.05, 3.63) is 145 Å². The molecule has 2 aliphatic heterocycles. The minimum atomic E-state index is -1.12. The highest BCUT2D eigenvalue weighted by Crippen LogP contribution is 2.39. The van der Waals surface area contributed by atoms with Gasteiger partial charge >= 0.3 is 12.1 Å². The second-order valence-electron chi connectivity index (χ2n) is 13.8. The fourth-order valence-corrected chi connectivity index (χ4v) is 6.89. The average Bonchev–Trinajstić information content (AvgIpc) is 3.88. The normalized spacial score (nSPS) is 15.3. The van der Waals surface area contributed by atoms with E-state index >= 15 is 0 Å². The Hall–Kier alpha value is -7.79. The number of benzene rings is 4. The van der Waals surface area contributed by atoms with Crippen molar-refractivity contribution in [3.8, 4) is 17.2 Å². The van der Waals surface area contributed by atoms with E-state index < -0.39 is 56.7 Å². The standard InChI is InChI=1S/C42H38F2N4O11.CO2/c1-24-16-32(41(50)46-23-29(18-36(46)42(51)57-4)27-8-12-31(44)13-9-27)34(47(52)53)20-37(24)58-14-5-15-59-39-21-35(48(54)55)33(19-38(39)56-3)40(49)45-22-28(17-25(45)2)26-6-10-30(43)11-7-26;2-1-3/h6-13,16,19-23,25,36H,5,14-15,17-18H2,1-4H3;/t25-,36+;/m1./s1. The van der Waals surface area contributed by atoms with Crippen LogP contribution in [-0.2, 0) is 19.1 Å². The van der Waals surface area contributed by atoms with E-state index in [4.69, 9.17) is 28.5 Å². The summed E-state index contributed by atoms with van der Waals surface area (Å²) in [7, 11) is 2.48. The smallest absolute Gasteiger partial charge is 0.373 e. The largest absolute Gasteiger partial charge is 0.493 e. The zero-order valence-corrected chi connectivity index (χ0v) is 33.6. The third-order valence-electron chi connectivity index (χ3n) is 9.93. The average molecular weight is 857 g/mol. The Balaban J connectivity index is 0.00000235. The highest BCUT2D eigenvalue weighted by Gasteiger charge is 2.39. The number of methoxy groups -OCH3 is 2. The number of aryl methyl sites for hydroxylation is 1. The Labute approximate surface area is 352 Å². The maximum atomic E-state index is 13.8. The van der Waals surface area contributed by atoms with Crippen molar-refractivity contribution < 1.29 is 61.5 Å². The summed E-state index contributed by atoms with van der Waals surface area (Å²) in [5.41, 5.74) is 1.34. The van der Waals surface area contributed by atoms with Crippen LogP contribution >= 0.6 is 0 Å². The van der Waals surface area contributed by atoms with E-state index in [1.807, 2.05) is 0 Å². The second kappa shape index (κ2) is 20.0. The van der Waals surface area contributed by atoms with Crippen LogP contribution in [-0.4, -0.2) is 83.1 Å². The molecule has 17 nitrogen and oxygen atoms in total. The molecule has 2 aliphatic rings.